The largest absolute Gasteiger partial charge is 0.486 e. The Bertz CT molecular complexity index is 956. The van der Waals surface area contributed by atoms with E-state index in [1.165, 1.54) is 0 Å². The molecule has 0 spiro atoms. The van der Waals surface area contributed by atoms with Crippen LogP contribution in [-0.2, 0) is 0 Å². The van der Waals surface area contributed by atoms with E-state index in [1.807, 2.05) is 18.2 Å². The van der Waals surface area contributed by atoms with E-state index in [0.29, 0.717) is 41.7 Å². The van der Waals surface area contributed by atoms with Crippen molar-refractivity contribution in [2.75, 3.05) is 13.2 Å². The molecule has 4 rings (SSSR count). The second-order valence-corrected chi connectivity index (χ2v) is 4.98. The van der Waals surface area contributed by atoms with Crippen LogP contribution in [0.5, 0.6) is 11.5 Å². The van der Waals surface area contributed by atoms with Crippen LogP contribution in [0.1, 0.15) is 0 Å². The lowest BCUT2D eigenvalue weighted by Crippen LogP contribution is -2.15. The Morgan fingerprint density at radius 1 is 1.10 bits per heavy atom. The van der Waals surface area contributed by atoms with Gasteiger partial charge < -0.3 is 19.4 Å². The molecule has 106 valence electrons. The molecule has 1 aromatic carbocycles. The number of nitrogens with zero attached hydrogens (tertiary/aromatic N) is 1. The number of benzene rings is 1. The topological polar surface area (TPSA) is 95.8 Å². The molecule has 1 aliphatic rings. The molecule has 21 heavy (non-hydrogen) atoms. The number of fused-ring (bicyclic) bond motifs is 2. The Morgan fingerprint density at radius 3 is 2.76 bits per heavy atom. The molecule has 0 radical (unpaired) electrons. The van der Waals surface area contributed by atoms with Crippen LogP contribution >= 0.6 is 12.2 Å². The lowest BCUT2D eigenvalue weighted by Gasteiger charge is -2.18. The summed E-state index contributed by atoms with van der Waals surface area (Å²) in [5.41, 5.74) is 1.28. The number of ether oxygens (including phenoxy) is 2. The number of rotatable bonds is 1. The van der Waals surface area contributed by atoms with Crippen molar-refractivity contribution in [1.82, 2.24) is 19.9 Å². The Hall–Kier alpha value is -2.61. The highest BCUT2D eigenvalue weighted by Crippen LogP contribution is 2.33. The van der Waals surface area contributed by atoms with E-state index in [0.717, 1.165) is 5.56 Å². The van der Waals surface area contributed by atoms with E-state index < -0.39 is 0 Å². The van der Waals surface area contributed by atoms with E-state index in [1.54, 1.807) is 0 Å². The van der Waals surface area contributed by atoms with Gasteiger partial charge in [0.1, 0.15) is 24.6 Å². The first kappa shape index (κ1) is 12.2. The molecule has 0 bridgehead atoms. The molecule has 3 heterocycles. The van der Waals surface area contributed by atoms with Gasteiger partial charge in [0.05, 0.1) is 0 Å². The summed E-state index contributed by atoms with van der Waals surface area (Å²) in [4.78, 5) is 24.5. The van der Waals surface area contributed by atoms with Crippen molar-refractivity contribution in [2.45, 2.75) is 0 Å². The third-order valence-corrected chi connectivity index (χ3v) is 3.41. The number of imidazole rings is 1. The minimum absolute atomic E-state index is 0.243. The fourth-order valence-corrected chi connectivity index (χ4v) is 2.45. The summed E-state index contributed by atoms with van der Waals surface area (Å²) in [5, 5.41) is 0. The fourth-order valence-electron chi connectivity index (χ4n) is 2.26. The Labute approximate surface area is 123 Å². The average molecular weight is 302 g/mol. The summed E-state index contributed by atoms with van der Waals surface area (Å²) >= 11 is 4.93. The monoisotopic (exact) mass is 302 g/mol. The number of aromatic amines is 3. The van der Waals surface area contributed by atoms with Crippen molar-refractivity contribution in [3.63, 3.8) is 0 Å². The van der Waals surface area contributed by atoms with Crippen LogP contribution in [0, 0.1) is 4.77 Å². The van der Waals surface area contributed by atoms with Crippen molar-refractivity contribution in [1.29, 1.82) is 0 Å². The SMILES string of the molecule is O=c1[nH]c(=S)[nH]c2nc(-c3ccc4c(c3)OCCO4)[nH]c12. The maximum Gasteiger partial charge on any atom is 0.277 e. The molecule has 0 fully saturated rings. The van der Waals surface area contributed by atoms with Gasteiger partial charge in [-0.1, -0.05) is 0 Å². The molecular formula is C13H10N4O3S. The van der Waals surface area contributed by atoms with E-state index in [2.05, 4.69) is 19.9 Å². The second kappa shape index (κ2) is 4.45. The number of hydrogen-bond acceptors (Lipinski definition) is 5. The van der Waals surface area contributed by atoms with Gasteiger partial charge in [-0.15, -0.1) is 0 Å². The van der Waals surface area contributed by atoms with E-state index >= 15 is 0 Å². The second-order valence-electron chi connectivity index (χ2n) is 4.58. The van der Waals surface area contributed by atoms with Crippen molar-refractivity contribution < 1.29 is 9.47 Å². The number of aromatic nitrogens is 4. The average Bonchev–Trinajstić information content (AvgIpc) is 2.91. The first-order valence-electron chi connectivity index (χ1n) is 6.33. The first-order valence-corrected chi connectivity index (χ1v) is 6.74. The number of nitrogens with one attached hydrogen (secondary N) is 3. The van der Waals surface area contributed by atoms with Crippen LogP contribution < -0.4 is 15.0 Å². The van der Waals surface area contributed by atoms with E-state index in [9.17, 15) is 4.79 Å². The summed E-state index contributed by atoms with van der Waals surface area (Å²) in [6.07, 6.45) is 0. The zero-order valence-electron chi connectivity index (χ0n) is 10.7. The van der Waals surface area contributed by atoms with Crippen LogP contribution in [0.4, 0.5) is 0 Å². The van der Waals surface area contributed by atoms with Crippen LogP contribution in [0.2, 0.25) is 0 Å². The molecule has 8 heteroatoms. The minimum atomic E-state index is -0.301. The Kier molecular flexibility index (Phi) is 2.58. The Morgan fingerprint density at radius 2 is 1.90 bits per heavy atom. The highest BCUT2D eigenvalue weighted by molar-refractivity contribution is 7.71. The van der Waals surface area contributed by atoms with Crippen molar-refractivity contribution in [2.24, 2.45) is 0 Å². The van der Waals surface area contributed by atoms with Crippen LogP contribution in [0.25, 0.3) is 22.6 Å². The van der Waals surface area contributed by atoms with Gasteiger partial charge in [0.25, 0.3) is 5.56 Å². The molecule has 1 aliphatic heterocycles. The standard InChI is InChI=1S/C13H10N4O3S/c18-12-9-11(16-13(21)17-12)15-10(14-9)6-1-2-7-8(5-6)20-4-3-19-7/h1-2,5H,3-4H2,(H3,14,15,16,17,18,21). The smallest absolute Gasteiger partial charge is 0.277 e. The molecule has 2 aromatic heterocycles. The number of H-pyrrole nitrogens is 3. The van der Waals surface area contributed by atoms with Gasteiger partial charge in [0, 0.05) is 5.56 Å². The molecule has 0 saturated carbocycles. The van der Waals surface area contributed by atoms with Gasteiger partial charge in [-0.3, -0.25) is 9.78 Å². The summed E-state index contributed by atoms with van der Waals surface area (Å²) in [6, 6.07) is 5.51. The van der Waals surface area contributed by atoms with E-state index in [-0.39, 0.29) is 10.3 Å². The van der Waals surface area contributed by atoms with Crippen LogP contribution in [0.3, 0.4) is 0 Å². The van der Waals surface area contributed by atoms with Gasteiger partial charge in [-0.05, 0) is 30.4 Å². The molecule has 0 unspecified atom stereocenters. The van der Waals surface area contributed by atoms with Crippen molar-refractivity contribution in [3.8, 4) is 22.9 Å². The first-order chi connectivity index (χ1) is 10.2. The molecule has 3 N–H and O–H groups in total. The zero-order chi connectivity index (χ0) is 14.4. The number of hydrogen-bond donors (Lipinski definition) is 3. The van der Waals surface area contributed by atoms with Crippen LogP contribution in [-0.4, -0.2) is 33.1 Å². The molecule has 0 atom stereocenters. The molecule has 0 saturated heterocycles. The van der Waals surface area contributed by atoms with Gasteiger partial charge in [0.15, 0.2) is 21.9 Å². The van der Waals surface area contributed by atoms with E-state index in [4.69, 9.17) is 21.7 Å². The minimum Gasteiger partial charge on any atom is -0.486 e. The normalized spacial score (nSPS) is 13.5. The molecule has 0 aliphatic carbocycles. The summed E-state index contributed by atoms with van der Waals surface area (Å²) in [5.74, 6) is 1.93. The zero-order valence-corrected chi connectivity index (χ0v) is 11.5. The molecule has 0 amide bonds. The lowest BCUT2D eigenvalue weighted by molar-refractivity contribution is 0.171. The van der Waals surface area contributed by atoms with Gasteiger partial charge in [-0.25, -0.2) is 4.98 Å². The summed E-state index contributed by atoms with van der Waals surface area (Å²) < 4.78 is 11.3. The highest BCUT2D eigenvalue weighted by Gasteiger charge is 2.15. The van der Waals surface area contributed by atoms with Crippen LogP contribution in [0.15, 0.2) is 23.0 Å². The predicted octanol–water partition coefficient (Wildman–Crippen LogP) is 1.75. The quantitative estimate of drug-likeness (QED) is 0.595. The van der Waals surface area contributed by atoms with Crippen molar-refractivity contribution in [3.05, 3.63) is 33.3 Å². The molecule has 7 nitrogen and oxygen atoms in total. The lowest BCUT2D eigenvalue weighted by atomic mass is 10.2. The fraction of sp³-hybridized carbons (Fsp3) is 0.154. The van der Waals surface area contributed by atoms with Gasteiger partial charge in [-0.2, -0.15) is 0 Å². The van der Waals surface area contributed by atoms with Gasteiger partial charge >= 0.3 is 0 Å². The third kappa shape index (κ3) is 2.00. The maximum absolute atomic E-state index is 11.8. The van der Waals surface area contributed by atoms with Gasteiger partial charge in [0.2, 0.25) is 0 Å². The summed E-state index contributed by atoms with van der Waals surface area (Å²) in [7, 11) is 0. The maximum atomic E-state index is 11.8. The molecular weight excluding hydrogens is 292 g/mol. The Balaban J connectivity index is 1.88. The highest BCUT2D eigenvalue weighted by atomic mass is 32.1. The summed E-state index contributed by atoms with van der Waals surface area (Å²) in [6.45, 7) is 1.06. The predicted molar refractivity (Wildman–Crippen MR) is 78.3 cm³/mol. The van der Waals surface area contributed by atoms with Crippen molar-refractivity contribution >= 4 is 23.4 Å². The third-order valence-electron chi connectivity index (χ3n) is 3.21. The molecule has 3 aromatic rings.